The molecule has 4 unspecified atom stereocenters. The molecule has 0 aromatic carbocycles. The lowest BCUT2D eigenvalue weighted by Crippen LogP contribution is -2.56. The van der Waals surface area contributed by atoms with Crippen LogP contribution in [0.4, 0.5) is 0 Å². The molecule has 0 radical (unpaired) electrons. The zero-order chi connectivity index (χ0) is 21.3. The predicted molar refractivity (Wildman–Crippen MR) is 99.9 cm³/mol. The van der Waals surface area contributed by atoms with Gasteiger partial charge in [-0.1, -0.05) is 6.42 Å². The summed E-state index contributed by atoms with van der Waals surface area (Å²) in [4.78, 5) is 49.4. The second-order valence-electron chi connectivity index (χ2n) is 6.89. The van der Waals surface area contributed by atoms with Crippen LogP contribution in [0.5, 0.6) is 0 Å². The predicted octanol–water partition coefficient (Wildman–Crippen LogP) is -2.50. The summed E-state index contributed by atoms with van der Waals surface area (Å²) in [5, 5.41) is 22.4. The Morgan fingerprint density at radius 3 is 2.46 bits per heavy atom. The first kappa shape index (κ1) is 23.8. The molecule has 3 amide bonds. The molecule has 0 aliphatic carbocycles. The Morgan fingerprint density at radius 1 is 1.21 bits per heavy atom. The summed E-state index contributed by atoms with van der Waals surface area (Å²) in [5.41, 5.74) is 11.4. The van der Waals surface area contributed by atoms with Crippen molar-refractivity contribution in [1.29, 1.82) is 0 Å². The van der Waals surface area contributed by atoms with Crippen molar-refractivity contribution in [2.45, 2.75) is 63.2 Å². The Bertz CT molecular complexity index is 572. The molecule has 1 fully saturated rings. The zero-order valence-corrected chi connectivity index (χ0v) is 16.1. The van der Waals surface area contributed by atoms with E-state index in [9.17, 15) is 19.2 Å². The number of rotatable bonds is 11. The third-order valence-corrected chi connectivity index (χ3v) is 4.67. The number of unbranched alkanes of at least 4 members (excludes halogenated alkanes) is 1. The van der Waals surface area contributed by atoms with E-state index in [-0.39, 0.29) is 5.91 Å². The smallest absolute Gasteiger partial charge is 0.328 e. The van der Waals surface area contributed by atoms with E-state index < -0.39 is 48.6 Å². The van der Waals surface area contributed by atoms with Gasteiger partial charge in [0.15, 0.2) is 0 Å². The highest BCUT2D eigenvalue weighted by molar-refractivity contribution is 5.94. The molecule has 11 heteroatoms. The first-order valence-electron chi connectivity index (χ1n) is 9.43. The number of likely N-dealkylation sites (tertiary alicyclic amines) is 1. The molecule has 1 rings (SSSR count). The number of carbonyl (C=O) groups excluding carboxylic acids is 3. The van der Waals surface area contributed by atoms with Crippen molar-refractivity contribution in [3.8, 4) is 0 Å². The number of nitrogens with two attached hydrogens (primary N) is 2. The number of nitrogens with one attached hydrogen (secondary N) is 2. The molecule has 0 spiro atoms. The molecule has 0 aromatic rings. The minimum absolute atomic E-state index is 0.307. The molecule has 1 aliphatic rings. The van der Waals surface area contributed by atoms with Crippen molar-refractivity contribution in [3.05, 3.63) is 0 Å². The number of carboxylic acids is 1. The third kappa shape index (κ3) is 6.73. The van der Waals surface area contributed by atoms with E-state index in [1.165, 1.54) is 11.8 Å². The van der Waals surface area contributed by atoms with Crippen molar-refractivity contribution >= 4 is 23.7 Å². The highest BCUT2D eigenvalue weighted by Gasteiger charge is 2.37. The van der Waals surface area contributed by atoms with Crippen LogP contribution in [-0.4, -0.2) is 82.7 Å². The summed E-state index contributed by atoms with van der Waals surface area (Å²) in [6.45, 7) is 1.56. The molecule has 1 aliphatic heterocycles. The average Bonchev–Trinajstić information content (AvgIpc) is 3.14. The van der Waals surface area contributed by atoms with Gasteiger partial charge in [0.2, 0.25) is 17.7 Å². The Hall–Kier alpha value is -2.24. The zero-order valence-electron chi connectivity index (χ0n) is 16.1. The van der Waals surface area contributed by atoms with Gasteiger partial charge in [0.1, 0.15) is 18.1 Å². The van der Waals surface area contributed by atoms with Gasteiger partial charge in [-0.25, -0.2) is 4.79 Å². The van der Waals surface area contributed by atoms with Gasteiger partial charge in [0.25, 0.3) is 0 Å². The highest BCUT2D eigenvalue weighted by Crippen LogP contribution is 2.19. The number of hydrogen-bond acceptors (Lipinski definition) is 7. The van der Waals surface area contributed by atoms with Crippen LogP contribution in [0.25, 0.3) is 0 Å². The van der Waals surface area contributed by atoms with Crippen LogP contribution in [0.2, 0.25) is 0 Å². The standard InChI is InChI=1S/C17H31N5O6/c1-10(14(24)21-12(9-23)17(27)28)20-15(25)13-6-4-8-22(13)16(26)11(19)5-2-3-7-18/h10-13,23H,2-9,18-19H2,1H3,(H,20,25)(H,21,24)(H,27,28). The van der Waals surface area contributed by atoms with Crippen LogP contribution in [0.3, 0.4) is 0 Å². The van der Waals surface area contributed by atoms with Crippen LogP contribution >= 0.6 is 0 Å². The lowest BCUT2D eigenvalue weighted by molar-refractivity contribution is -0.143. The van der Waals surface area contributed by atoms with Gasteiger partial charge in [0.05, 0.1) is 12.6 Å². The number of aliphatic hydroxyl groups excluding tert-OH is 1. The number of hydrogen-bond donors (Lipinski definition) is 6. The maximum atomic E-state index is 12.6. The van der Waals surface area contributed by atoms with E-state index in [1.54, 1.807) is 0 Å². The largest absolute Gasteiger partial charge is 0.480 e. The Labute approximate surface area is 163 Å². The third-order valence-electron chi connectivity index (χ3n) is 4.67. The molecule has 28 heavy (non-hydrogen) atoms. The minimum Gasteiger partial charge on any atom is -0.480 e. The molecule has 1 saturated heterocycles. The normalized spacial score (nSPS) is 19.6. The highest BCUT2D eigenvalue weighted by atomic mass is 16.4. The first-order chi connectivity index (χ1) is 13.2. The number of nitrogens with zero attached hydrogens (tertiary/aromatic N) is 1. The molecule has 1 heterocycles. The fourth-order valence-corrected chi connectivity index (χ4v) is 3.01. The molecular formula is C17H31N5O6. The molecular weight excluding hydrogens is 370 g/mol. The Kier molecular flexibility index (Phi) is 9.83. The van der Waals surface area contributed by atoms with Crippen molar-refractivity contribution in [3.63, 3.8) is 0 Å². The van der Waals surface area contributed by atoms with E-state index in [2.05, 4.69) is 10.6 Å². The molecule has 0 saturated carbocycles. The van der Waals surface area contributed by atoms with Crippen molar-refractivity contribution < 1.29 is 29.4 Å². The summed E-state index contributed by atoms with van der Waals surface area (Å²) in [7, 11) is 0. The molecule has 0 aromatic heterocycles. The van der Waals surface area contributed by atoms with E-state index in [0.29, 0.717) is 32.4 Å². The van der Waals surface area contributed by atoms with Crippen LogP contribution in [0.15, 0.2) is 0 Å². The Balaban J connectivity index is 2.63. The number of amides is 3. The second kappa shape index (κ2) is 11.6. The van der Waals surface area contributed by atoms with Gasteiger partial charge < -0.3 is 37.2 Å². The molecule has 11 nitrogen and oxygen atoms in total. The van der Waals surface area contributed by atoms with E-state index in [0.717, 1.165) is 12.8 Å². The maximum Gasteiger partial charge on any atom is 0.328 e. The van der Waals surface area contributed by atoms with Gasteiger partial charge in [-0.05, 0) is 39.2 Å². The monoisotopic (exact) mass is 401 g/mol. The first-order valence-corrected chi connectivity index (χ1v) is 9.43. The fourth-order valence-electron chi connectivity index (χ4n) is 3.01. The number of carbonyl (C=O) groups is 4. The van der Waals surface area contributed by atoms with Gasteiger partial charge in [0, 0.05) is 6.54 Å². The van der Waals surface area contributed by atoms with Crippen molar-refractivity contribution in [2.75, 3.05) is 19.7 Å². The van der Waals surface area contributed by atoms with Crippen LogP contribution < -0.4 is 22.1 Å². The SMILES string of the molecule is CC(NC(=O)C1CCCN1C(=O)C(N)CCCCN)C(=O)NC(CO)C(=O)O. The summed E-state index contributed by atoms with van der Waals surface area (Å²) >= 11 is 0. The number of aliphatic carboxylic acids is 1. The number of aliphatic hydroxyl groups is 1. The summed E-state index contributed by atoms with van der Waals surface area (Å²) in [6.07, 6.45) is 3.07. The van der Waals surface area contributed by atoms with E-state index in [1.807, 2.05) is 0 Å². The molecule has 4 atom stereocenters. The quantitative estimate of drug-likeness (QED) is 0.205. The maximum absolute atomic E-state index is 12.6. The lowest BCUT2D eigenvalue weighted by atomic mass is 10.1. The summed E-state index contributed by atoms with van der Waals surface area (Å²) in [5.74, 6) is -2.94. The van der Waals surface area contributed by atoms with Gasteiger partial charge in [-0.15, -0.1) is 0 Å². The van der Waals surface area contributed by atoms with Gasteiger partial charge in [-0.2, -0.15) is 0 Å². The second-order valence-corrected chi connectivity index (χ2v) is 6.89. The van der Waals surface area contributed by atoms with Crippen LogP contribution in [-0.2, 0) is 19.2 Å². The average molecular weight is 401 g/mol. The Morgan fingerprint density at radius 2 is 1.89 bits per heavy atom. The van der Waals surface area contributed by atoms with E-state index >= 15 is 0 Å². The van der Waals surface area contributed by atoms with E-state index in [4.69, 9.17) is 21.7 Å². The summed E-state index contributed by atoms with van der Waals surface area (Å²) in [6, 6.07) is -3.92. The van der Waals surface area contributed by atoms with Crippen molar-refractivity contribution in [1.82, 2.24) is 15.5 Å². The lowest BCUT2D eigenvalue weighted by Gasteiger charge is -2.27. The van der Waals surface area contributed by atoms with Gasteiger partial charge >= 0.3 is 5.97 Å². The van der Waals surface area contributed by atoms with Gasteiger partial charge in [-0.3, -0.25) is 14.4 Å². The number of carboxylic acid groups (broad SMARTS) is 1. The fraction of sp³-hybridized carbons (Fsp3) is 0.765. The van der Waals surface area contributed by atoms with Crippen LogP contribution in [0, 0.1) is 0 Å². The molecule has 160 valence electrons. The molecule has 0 bridgehead atoms. The summed E-state index contributed by atoms with van der Waals surface area (Å²) < 4.78 is 0. The molecule has 8 N–H and O–H groups in total. The van der Waals surface area contributed by atoms with Crippen molar-refractivity contribution in [2.24, 2.45) is 11.5 Å². The van der Waals surface area contributed by atoms with Crippen LogP contribution in [0.1, 0.15) is 39.0 Å². The minimum atomic E-state index is -1.46. The topological polar surface area (TPSA) is 188 Å².